The zero-order valence-corrected chi connectivity index (χ0v) is 13.6. The van der Waals surface area contributed by atoms with E-state index in [4.69, 9.17) is 4.74 Å². The summed E-state index contributed by atoms with van der Waals surface area (Å²) in [6.45, 7) is -3.00. The predicted octanol–water partition coefficient (Wildman–Crippen LogP) is 1.18. The van der Waals surface area contributed by atoms with E-state index in [9.17, 15) is 22.0 Å². The van der Waals surface area contributed by atoms with E-state index in [2.05, 4.69) is 15.3 Å². The number of carbonyl (C=O) groups excluding carboxylic acids is 1. The van der Waals surface area contributed by atoms with E-state index < -0.39 is 28.3 Å². The van der Waals surface area contributed by atoms with Crippen molar-refractivity contribution < 1.29 is 31.5 Å². The highest BCUT2D eigenvalue weighted by Crippen LogP contribution is 2.29. The molecule has 0 aliphatic carbocycles. The number of nitrogens with one attached hydrogen (secondary N) is 1. The van der Waals surface area contributed by atoms with Crippen LogP contribution in [0, 0.1) is 5.92 Å². The fraction of sp³-hybridized carbons (Fsp3) is 0.429. The quantitative estimate of drug-likeness (QED) is 0.606. The highest BCUT2D eigenvalue weighted by Gasteiger charge is 2.32. The van der Waals surface area contributed by atoms with Crippen molar-refractivity contribution in [2.24, 2.45) is 11.0 Å². The molecule has 1 saturated heterocycles. The van der Waals surface area contributed by atoms with Gasteiger partial charge in [0.15, 0.2) is 21.3 Å². The third kappa shape index (κ3) is 4.88. The van der Waals surface area contributed by atoms with Crippen LogP contribution in [0.15, 0.2) is 23.3 Å². The summed E-state index contributed by atoms with van der Waals surface area (Å²) in [6.07, 6.45) is 1.50. The van der Waals surface area contributed by atoms with Crippen LogP contribution in [0.1, 0.15) is 12.0 Å². The van der Waals surface area contributed by atoms with Gasteiger partial charge in [0.2, 0.25) is 5.91 Å². The summed E-state index contributed by atoms with van der Waals surface area (Å²) in [5.74, 6) is -1.35. The largest absolute Gasteiger partial charge is 0.493 e. The Morgan fingerprint density at radius 1 is 1.42 bits per heavy atom. The molecule has 1 aliphatic heterocycles. The predicted molar refractivity (Wildman–Crippen MR) is 82.1 cm³/mol. The Hall–Kier alpha value is -2.23. The van der Waals surface area contributed by atoms with Gasteiger partial charge in [0.05, 0.1) is 30.7 Å². The number of carbonyl (C=O) groups is 1. The average Bonchev–Trinajstić information content (AvgIpc) is 2.87. The molecule has 1 aliphatic rings. The molecule has 0 radical (unpaired) electrons. The maximum Gasteiger partial charge on any atom is 0.387 e. The number of benzene rings is 1. The molecule has 24 heavy (non-hydrogen) atoms. The van der Waals surface area contributed by atoms with Gasteiger partial charge < -0.3 is 9.47 Å². The van der Waals surface area contributed by atoms with Crippen LogP contribution in [0.5, 0.6) is 11.5 Å². The van der Waals surface area contributed by atoms with E-state index in [1.165, 1.54) is 31.5 Å². The summed E-state index contributed by atoms with van der Waals surface area (Å²) < 4.78 is 56.6. The number of sulfone groups is 1. The molecule has 1 atom stereocenters. The number of ether oxygens (including phenoxy) is 2. The first kappa shape index (κ1) is 18.1. The monoisotopic (exact) mass is 362 g/mol. The van der Waals surface area contributed by atoms with Gasteiger partial charge in [0, 0.05) is 0 Å². The molecule has 0 saturated carbocycles. The van der Waals surface area contributed by atoms with Gasteiger partial charge in [0.1, 0.15) is 0 Å². The molecule has 1 amide bonds. The number of hydrazone groups is 1. The highest BCUT2D eigenvalue weighted by molar-refractivity contribution is 7.91. The lowest BCUT2D eigenvalue weighted by Gasteiger charge is -2.10. The standard InChI is InChI=1S/C14H16F2N2O5S/c1-22-11-3-2-9(6-12(11)23-14(15)16)7-17-18-13(19)10-4-5-24(20,21)8-10/h2-3,6-7,10,14H,4-5,8H2,1H3,(H,18,19)/b17-7-/t10-/m0/s1. The number of rotatable bonds is 6. The van der Waals surface area contributed by atoms with Crippen LogP contribution in [0.25, 0.3) is 0 Å². The smallest absolute Gasteiger partial charge is 0.387 e. The number of nitrogens with zero attached hydrogens (tertiary/aromatic N) is 1. The second-order valence-corrected chi connectivity index (χ2v) is 7.35. The van der Waals surface area contributed by atoms with Crippen molar-refractivity contribution in [1.82, 2.24) is 5.43 Å². The molecule has 0 bridgehead atoms. The Morgan fingerprint density at radius 2 is 2.17 bits per heavy atom. The lowest BCUT2D eigenvalue weighted by atomic mass is 10.1. The number of amides is 1. The van der Waals surface area contributed by atoms with Crippen LogP contribution in [-0.4, -0.2) is 45.8 Å². The van der Waals surface area contributed by atoms with Crippen LogP contribution in [-0.2, 0) is 14.6 Å². The van der Waals surface area contributed by atoms with Crippen molar-refractivity contribution >= 4 is 22.0 Å². The molecule has 1 aromatic carbocycles. The van der Waals surface area contributed by atoms with Crippen LogP contribution < -0.4 is 14.9 Å². The Balaban J connectivity index is 2.00. The van der Waals surface area contributed by atoms with Crippen molar-refractivity contribution in [2.75, 3.05) is 18.6 Å². The minimum atomic E-state index is -3.16. The molecule has 0 unspecified atom stereocenters. The maximum atomic E-state index is 12.3. The first-order valence-corrected chi connectivity index (χ1v) is 8.79. The molecule has 7 nitrogen and oxygen atoms in total. The summed E-state index contributed by atoms with van der Waals surface area (Å²) >= 11 is 0. The van der Waals surface area contributed by atoms with Gasteiger partial charge in [-0.15, -0.1) is 0 Å². The van der Waals surface area contributed by atoms with Gasteiger partial charge in [-0.2, -0.15) is 13.9 Å². The summed E-state index contributed by atoms with van der Waals surface area (Å²) in [4.78, 5) is 11.8. The van der Waals surface area contributed by atoms with E-state index in [0.29, 0.717) is 5.56 Å². The number of hydrogen-bond acceptors (Lipinski definition) is 6. The van der Waals surface area contributed by atoms with E-state index in [1.54, 1.807) is 0 Å². The van der Waals surface area contributed by atoms with E-state index in [0.717, 1.165) is 0 Å². The van der Waals surface area contributed by atoms with Gasteiger partial charge in [0.25, 0.3) is 0 Å². The lowest BCUT2D eigenvalue weighted by Crippen LogP contribution is -2.27. The summed E-state index contributed by atoms with van der Waals surface area (Å²) in [5.41, 5.74) is 2.64. The normalized spacial score (nSPS) is 19.6. The minimum absolute atomic E-state index is 0.0123. The van der Waals surface area contributed by atoms with Crippen LogP contribution >= 0.6 is 0 Å². The van der Waals surface area contributed by atoms with Crippen molar-refractivity contribution in [2.45, 2.75) is 13.0 Å². The van der Waals surface area contributed by atoms with Crippen LogP contribution in [0.4, 0.5) is 8.78 Å². The second kappa shape index (κ2) is 7.56. The van der Waals surface area contributed by atoms with Crippen LogP contribution in [0.3, 0.4) is 0 Å². The summed E-state index contributed by atoms with van der Waals surface area (Å²) in [6, 6.07) is 4.23. The SMILES string of the molecule is COc1ccc(/C=N\NC(=O)[C@H]2CCS(=O)(=O)C2)cc1OC(F)F. The third-order valence-electron chi connectivity index (χ3n) is 3.40. The zero-order chi connectivity index (χ0) is 17.7. The van der Waals surface area contributed by atoms with Gasteiger partial charge in [-0.1, -0.05) is 0 Å². The van der Waals surface area contributed by atoms with E-state index in [1.807, 2.05) is 0 Å². The lowest BCUT2D eigenvalue weighted by molar-refractivity contribution is -0.124. The first-order valence-electron chi connectivity index (χ1n) is 6.97. The van der Waals surface area contributed by atoms with Crippen molar-refractivity contribution in [3.63, 3.8) is 0 Å². The van der Waals surface area contributed by atoms with Crippen molar-refractivity contribution in [3.8, 4) is 11.5 Å². The summed E-state index contributed by atoms with van der Waals surface area (Å²) in [7, 11) is -1.84. The number of methoxy groups -OCH3 is 1. The average molecular weight is 362 g/mol. The zero-order valence-electron chi connectivity index (χ0n) is 12.7. The van der Waals surface area contributed by atoms with E-state index >= 15 is 0 Å². The highest BCUT2D eigenvalue weighted by atomic mass is 32.2. The Morgan fingerprint density at radius 3 is 2.75 bits per heavy atom. The fourth-order valence-corrected chi connectivity index (χ4v) is 3.97. The van der Waals surface area contributed by atoms with Crippen molar-refractivity contribution in [3.05, 3.63) is 23.8 Å². The third-order valence-corrected chi connectivity index (χ3v) is 5.16. The molecule has 2 rings (SSSR count). The molecule has 10 heteroatoms. The van der Waals surface area contributed by atoms with Gasteiger partial charge in [-0.3, -0.25) is 4.79 Å². The molecule has 1 fully saturated rings. The van der Waals surface area contributed by atoms with Gasteiger partial charge in [-0.25, -0.2) is 13.8 Å². The topological polar surface area (TPSA) is 94.1 Å². The molecule has 0 aromatic heterocycles. The van der Waals surface area contributed by atoms with E-state index in [-0.39, 0.29) is 29.4 Å². The molecular formula is C14H16F2N2O5S. The van der Waals surface area contributed by atoms with Gasteiger partial charge in [-0.05, 0) is 30.2 Å². The number of alkyl halides is 2. The number of halogens is 2. The molecule has 1 heterocycles. The Kier molecular flexibility index (Phi) is 5.71. The molecule has 132 valence electrons. The molecular weight excluding hydrogens is 346 g/mol. The molecule has 1 N–H and O–H groups in total. The van der Waals surface area contributed by atoms with Crippen molar-refractivity contribution in [1.29, 1.82) is 0 Å². The Bertz CT molecular complexity index is 737. The maximum absolute atomic E-state index is 12.3. The second-order valence-electron chi connectivity index (χ2n) is 5.12. The molecule has 1 aromatic rings. The van der Waals surface area contributed by atoms with Crippen LogP contribution in [0.2, 0.25) is 0 Å². The minimum Gasteiger partial charge on any atom is -0.493 e. The fourth-order valence-electron chi connectivity index (χ4n) is 2.23. The summed E-state index contributed by atoms with van der Waals surface area (Å²) in [5, 5.41) is 3.71. The van der Waals surface area contributed by atoms with Gasteiger partial charge >= 0.3 is 6.61 Å². The first-order chi connectivity index (χ1) is 11.3. The number of hydrogen-bond donors (Lipinski definition) is 1. The molecule has 0 spiro atoms. The Labute approximate surface area is 137 Å².